The summed E-state index contributed by atoms with van der Waals surface area (Å²) >= 11 is 0. The number of nitrogens with zero attached hydrogens (tertiary/aromatic N) is 1. The van der Waals surface area contributed by atoms with E-state index in [1.807, 2.05) is 83.8 Å². The Balaban J connectivity index is 1.91. The highest BCUT2D eigenvalue weighted by Gasteiger charge is 2.55. The van der Waals surface area contributed by atoms with Gasteiger partial charge in [-0.15, -0.1) is 0 Å². The first kappa shape index (κ1) is 11.7. The van der Waals surface area contributed by atoms with Crippen LogP contribution in [0.5, 0.6) is 0 Å². The summed E-state index contributed by atoms with van der Waals surface area (Å²) in [4.78, 5) is 15.0. The number of rotatable bonds is 1. The summed E-state index contributed by atoms with van der Waals surface area (Å²) in [6.07, 6.45) is -0.552. The summed E-state index contributed by atoms with van der Waals surface area (Å²) in [5.74, 6) is -0.0170. The molecule has 110 valence electrons. The van der Waals surface area contributed by atoms with Crippen LogP contribution in [0.1, 0.15) is 28.4 Å². The molecule has 1 amide bonds. The Morgan fingerprint density at radius 3 is 2.43 bits per heavy atom. The largest absolute Gasteiger partial charge is 0.293 e. The van der Waals surface area contributed by atoms with Crippen molar-refractivity contribution in [2.45, 2.75) is 11.9 Å². The zero-order valence-electron chi connectivity index (χ0n) is 13.4. The number of benzene rings is 3. The van der Waals surface area contributed by atoms with Crippen molar-refractivity contribution in [1.82, 2.24) is 0 Å². The maximum absolute atomic E-state index is 13.2. The van der Waals surface area contributed by atoms with Gasteiger partial charge in [-0.25, -0.2) is 0 Å². The number of amides is 1. The van der Waals surface area contributed by atoms with E-state index in [4.69, 9.17) is 1.37 Å². The second-order valence-electron chi connectivity index (χ2n) is 6.02. The molecule has 2 atom stereocenters. The first-order chi connectivity index (χ1) is 11.8. The van der Waals surface area contributed by atoms with Crippen LogP contribution in [0.3, 0.4) is 0 Å². The third kappa shape index (κ3) is 1.45. The Kier molecular flexibility index (Phi) is 2.19. The summed E-state index contributed by atoms with van der Waals surface area (Å²) in [6, 6.07) is 25.5. The van der Waals surface area contributed by atoms with E-state index in [2.05, 4.69) is 0 Å². The molecule has 5 rings (SSSR count). The van der Waals surface area contributed by atoms with E-state index in [-0.39, 0.29) is 5.91 Å². The van der Waals surface area contributed by atoms with Gasteiger partial charge in [-0.3, -0.25) is 9.69 Å². The average molecular weight is 298 g/mol. The molecule has 23 heavy (non-hydrogen) atoms. The third-order valence-electron chi connectivity index (χ3n) is 4.88. The molecule has 0 bridgehead atoms. The molecule has 2 aliphatic rings. The Hall–Kier alpha value is -2.87. The Labute approximate surface area is 136 Å². The minimum Gasteiger partial charge on any atom is -0.293 e. The fourth-order valence-electron chi connectivity index (χ4n) is 3.94. The Bertz CT molecular complexity index is 968. The van der Waals surface area contributed by atoms with Crippen LogP contribution in [0.2, 0.25) is 0 Å². The molecule has 0 spiro atoms. The van der Waals surface area contributed by atoms with Gasteiger partial charge in [0.05, 0.1) is 0 Å². The van der Waals surface area contributed by atoms with Crippen molar-refractivity contribution in [2.24, 2.45) is 0 Å². The van der Waals surface area contributed by atoms with Crippen molar-refractivity contribution in [1.29, 1.82) is 0 Å². The van der Waals surface area contributed by atoms with Crippen LogP contribution >= 0.6 is 0 Å². The maximum atomic E-state index is 13.2. The molecule has 0 fully saturated rings. The second kappa shape index (κ2) is 4.32. The highest BCUT2D eigenvalue weighted by Crippen LogP contribution is 2.54. The number of carbonyl (C=O) groups excluding carboxylic acids is 1. The molecule has 0 saturated heterocycles. The summed E-state index contributed by atoms with van der Waals surface area (Å²) in [5, 5.41) is 0. The second-order valence-corrected chi connectivity index (χ2v) is 6.02. The van der Waals surface area contributed by atoms with Gasteiger partial charge in [0.2, 0.25) is 0 Å². The summed E-state index contributed by atoms with van der Waals surface area (Å²) in [7, 11) is 0. The molecule has 3 aromatic rings. The van der Waals surface area contributed by atoms with Crippen LogP contribution in [-0.4, -0.2) is 5.91 Å². The highest BCUT2D eigenvalue weighted by molar-refractivity contribution is 6.14. The van der Waals surface area contributed by atoms with Gasteiger partial charge in [0.25, 0.3) is 5.91 Å². The monoisotopic (exact) mass is 298 g/mol. The van der Waals surface area contributed by atoms with Crippen LogP contribution in [-0.2, 0) is 11.9 Å². The lowest BCUT2D eigenvalue weighted by Gasteiger charge is -2.34. The van der Waals surface area contributed by atoms with Gasteiger partial charge in [-0.2, -0.15) is 0 Å². The van der Waals surface area contributed by atoms with Gasteiger partial charge in [0, 0.05) is 19.0 Å². The molecule has 0 saturated carbocycles. The number of hydrogen-bond acceptors (Lipinski definition) is 1. The molecule has 0 N–H and O–H groups in total. The lowest BCUT2D eigenvalue weighted by atomic mass is 9.80. The van der Waals surface area contributed by atoms with Crippen molar-refractivity contribution < 1.29 is 6.17 Å². The smallest absolute Gasteiger partial charge is 0.259 e. The Morgan fingerprint density at radius 1 is 0.870 bits per heavy atom. The lowest BCUT2D eigenvalue weighted by molar-refractivity contribution is 0.0986. The lowest BCUT2D eigenvalue weighted by Crippen LogP contribution is -2.42. The first-order valence-electron chi connectivity index (χ1n) is 8.35. The van der Waals surface area contributed by atoms with Crippen molar-refractivity contribution in [3.63, 3.8) is 0 Å². The maximum Gasteiger partial charge on any atom is 0.259 e. The van der Waals surface area contributed by atoms with Gasteiger partial charge in [-0.05, 0) is 28.8 Å². The number of para-hydroxylation sites is 1. The van der Waals surface area contributed by atoms with Gasteiger partial charge in [0.1, 0.15) is 5.54 Å². The molecular weight excluding hydrogens is 282 g/mol. The average Bonchev–Trinajstić information content (AvgIpc) is 3.07. The van der Waals surface area contributed by atoms with Gasteiger partial charge < -0.3 is 0 Å². The van der Waals surface area contributed by atoms with Crippen LogP contribution in [0.4, 0.5) is 5.69 Å². The molecular formula is C21H15NO. The predicted octanol–water partition coefficient (Wildman–Crippen LogP) is 4.15. The van der Waals surface area contributed by atoms with Crippen LogP contribution in [0.25, 0.3) is 0 Å². The normalized spacial score (nSPS) is 24.9. The standard InChI is InChI=1S/C21H15NO/c23-20-17-11-5-6-12-18(17)21(16-9-2-1-3-10-16)14-15-8-4-7-13-19(15)22(20)21/h1-13H,14H2/t21-/m0/s1/i14D/t14-,21-. The fraction of sp³-hybridized carbons (Fsp3) is 0.0952. The van der Waals surface area contributed by atoms with E-state index < -0.39 is 11.9 Å². The van der Waals surface area contributed by atoms with Crippen molar-refractivity contribution in [3.8, 4) is 0 Å². The molecule has 0 aliphatic carbocycles. The summed E-state index contributed by atoms with van der Waals surface area (Å²) in [5.41, 5.74) is 3.59. The van der Waals surface area contributed by atoms with E-state index >= 15 is 0 Å². The van der Waals surface area contributed by atoms with E-state index in [0.29, 0.717) is 5.56 Å². The number of fused-ring (bicyclic) bond motifs is 5. The zero-order valence-corrected chi connectivity index (χ0v) is 12.4. The minimum atomic E-state index is -0.779. The van der Waals surface area contributed by atoms with E-state index in [1.165, 1.54) is 0 Å². The Morgan fingerprint density at radius 2 is 1.57 bits per heavy atom. The van der Waals surface area contributed by atoms with Crippen LogP contribution in [0, 0.1) is 0 Å². The molecule has 2 heteroatoms. The van der Waals surface area contributed by atoms with Crippen LogP contribution < -0.4 is 4.90 Å². The van der Waals surface area contributed by atoms with Crippen molar-refractivity contribution in [3.05, 3.63) is 101 Å². The topological polar surface area (TPSA) is 20.3 Å². The SMILES string of the molecule is [2H][C@H]1c2ccccc2N2C(=O)c3ccccc3[C@@]12c1ccccc1. The number of anilines is 1. The number of hydrogen-bond donors (Lipinski definition) is 0. The fourth-order valence-corrected chi connectivity index (χ4v) is 3.94. The molecule has 2 heterocycles. The summed E-state index contributed by atoms with van der Waals surface area (Å²) in [6.45, 7) is 0. The van der Waals surface area contributed by atoms with Crippen molar-refractivity contribution >= 4 is 11.6 Å². The molecule has 0 unspecified atom stereocenters. The van der Waals surface area contributed by atoms with E-state index in [1.54, 1.807) is 0 Å². The minimum absolute atomic E-state index is 0.0170. The zero-order chi connectivity index (χ0) is 16.3. The first-order valence-corrected chi connectivity index (χ1v) is 7.77. The summed E-state index contributed by atoms with van der Waals surface area (Å²) < 4.78 is 9.05. The molecule has 0 aromatic heterocycles. The molecule has 2 aliphatic heterocycles. The molecule has 0 radical (unpaired) electrons. The van der Waals surface area contributed by atoms with Crippen LogP contribution in [0.15, 0.2) is 78.9 Å². The number of carbonyl (C=O) groups is 1. The highest BCUT2D eigenvalue weighted by atomic mass is 16.2. The van der Waals surface area contributed by atoms with Gasteiger partial charge in [-0.1, -0.05) is 66.7 Å². The molecule has 3 aromatic carbocycles. The van der Waals surface area contributed by atoms with Gasteiger partial charge in [0.15, 0.2) is 0 Å². The van der Waals surface area contributed by atoms with Gasteiger partial charge >= 0.3 is 0 Å². The quantitative estimate of drug-likeness (QED) is 0.661. The predicted molar refractivity (Wildman–Crippen MR) is 90.6 cm³/mol. The van der Waals surface area contributed by atoms with Crippen molar-refractivity contribution in [2.75, 3.05) is 4.90 Å². The van der Waals surface area contributed by atoms with E-state index in [0.717, 1.165) is 22.4 Å². The molecule has 2 nitrogen and oxygen atoms in total. The van der Waals surface area contributed by atoms with E-state index in [9.17, 15) is 4.79 Å². The third-order valence-corrected chi connectivity index (χ3v) is 4.88.